The van der Waals surface area contributed by atoms with Crippen LogP contribution in [0.2, 0.25) is 0 Å². The Kier molecular flexibility index (Phi) is 6.89. The second-order valence-electron chi connectivity index (χ2n) is 5.76. The molecule has 8 heteroatoms. The first kappa shape index (κ1) is 19.6. The Morgan fingerprint density at radius 3 is 2.88 bits per heavy atom. The maximum Gasteiger partial charge on any atom is 0.416 e. The van der Waals surface area contributed by atoms with E-state index in [2.05, 4.69) is 32.8 Å². The van der Waals surface area contributed by atoms with Gasteiger partial charge in [0.15, 0.2) is 5.96 Å². The van der Waals surface area contributed by atoms with Crippen LogP contribution in [-0.4, -0.2) is 37.5 Å². The molecule has 1 unspecified atom stereocenters. The number of amides is 1. The second kappa shape index (κ2) is 9.13. The molecule has 1 aromatic carbocycles. The van der Waals surface area contributed by atoms with Gasteiger partial charge in [0.2, 0.25) is 5.91 Å². The fourth-order valence-corrected chi connectivity index (χ4v) is 2.40. The first-order chi connectivity index (χ1) is 12.4. The quantitative estimate of drug-likeness (QED) is 0.435. The van der Waals surface area contributed by atoms with Gasteiger partial charge in [-0.2, -0.15) is 13.2 Å². The number of carbonyl (C=O) groups is 1. The summed E-state index contributed by atoms with van der Waals surface area (Å²) >= 11 is 0. The number of benzene rings is 1. The molecule has 0 saturated carbocycles. The zero-order valence-electron chi connectivity index (χ0n) is 14.4. The summed E-state index contributed by atoms with van der Waals surface area (Å²) in [4.78, 5) is 15.5. The van der Waals surface area contributed by atoms with Gasteiger partial charge in [0.1, 0.15) is 6.54 Å². The van der Waals surface area contributed by atoms with Crippen LogP contribution in [0.3, 0.4) is 0 Å². The van der Waals surface area contributed by atoms with Crippen LogP contribution in [0.1, 0.15) is 30.9 Å². The molecule has 5 nitrogen and oxygen atoms in total. The molecule has 1 aliphatic rings. The van der Waals surface area contributed by atoms with Crippen molar-refractivity contribution in [3.63, 3.8) is 0 Å². The maximum absolute atomic E-state index is 12.7. The van der Waals surface area contributed by atoms with Crippen molar-refractivity contribution in [2.24, 2.45) is 4.99 Å². The SMILES string of the molecule is CCNC(=NCC#Cc1cccc(C(F)(F)F)c1)NC1CCC(=O)NC1. The normalized spacial score (nSPS) is 17.8. The minimum Gasteiger partial charge on any atom is -0.357 e. The predicted molar refractivity (Wildman–Crippen MR) is 93.5 cm³/mol. The van der Waals surface area contributed by atoms with Gasteiger partial charge in [-0.3, -0.25) is 4.79 Å². The van der Waals surface area contributed by atoms with Crippen molar-refractivity contribution in [1.82, 2.24) is 16.0 Å². The zero-order chi connectivity index (χ0) is 19.0. The smallest absolute Gasteiger partial charge is 0.357 e. The van der Waals surface area contributed by atoms with Gasteiger partial charge in [0.25, 0.3) is 0 Å². The Labute approximate surface area is 150 Å². The number of hydrogen-bond acceptors (Lipinski definition) is 2. The largest absolute Gasteiger partial charge is 0.416 e. The number of hydrogen-bond donors (Lipinski definition) is 3. The third-order valence-corrected chi connectivity index (χ3v) is 3.69. The monoisotopic (exact) mass is 366 g/mol. The van der Waals surface area contributed by atoms with E-state index in [0.717, 1.165) is 12.1 Å². The number of nitrogens with zero attached hydrogens (tertiary/aromatic N) is 1. The molecule has 2 rings (SSSR count). The minimum absolute atomic E-state index is 0.0388. The lowest BCUT2D eigenvalue weighted by Gasteiger charge is -2.25. The summed E-state index contributed by atoms with van der Waals surface area (Å²) in [7, 11) is 0. The van der Waals surface area contributed by atoms with Crippen LogP contribution in [0, 0.1) is 11.8 Å². The van der Waals surface area contributed by atoms with E-state index in [-0.39, 0.29) is 18.5 Å². The van der Waals surface area contributed by atoms with Gasteiger partial charge in [-0.25, -0.2) is 4.99 Å². The zero-order valence-corrected chi connectivity index (χ0v) is 14.4. The summed E-state index contributed by atoms with van der Waals surface area (Å²) in [6.07, 6.45) is -3.20. The van der Waals surface area contributed by atoms with Crippen LogP contribution in [0.15, 0.2) is 29.3 Å². The van der Waals surface area contributed by atoms with Crippen molar-refractivity contribution in [3.05, 3.63) is 35.4 Å². The van der Waals surface area contributed by atoms with Gasteiger partial charge in [0, 0.05) is 31.1 Å². The van der Waals surface area contributed by atoms with E-state index in [1.807, 2.05) is 6.92 Å². The molecule has 1 amide bonds. The summed E-state index contributed by atoms with van der Waals surface area (Å²) in [6, 6.07) is 4.98. The van der Waals surface area contributed by atoms with E-state index in [4.69, 9.17) is 0 Å². The average Bonchev–Trinajstić information content (AvgIpc) is 2.60. The standard InChI is InChI=1S/C18H21F3N4O/c1-2-22-17(25-15-8-9-16(26)24-12-15)23-10-4-6-13-5-3-7-14(11-13)18(19,20)21/h3,5,7,11,15H,2,8-10,12H2,1H3,(H,24,26)(H2,22,23,25). The molecule has 1 aliphatic heterocycles. The third-order valence-electron chi connectivity index (χ3n) is 3.69. The van der Waals surface area contributed by atoms with Crippen molar-refractivity contribution < 1.29 is 18.0 Å². The van der Waals surface area contributed by atoms with Crippen molar-refractivity contribution in [2.45, 2.75) is 32.0 Å². The molecule has 1 saturated heterocycles. The van der Waals surface area contributed by atoms with Crippen molar-refractivity contribution >= 4 is 11.9 Å². The van der Waals surface area contributed by atoms with E-state index < -0.39 is 11.7 Å². The van der Waals surface area contributed by atoms with Crippen LogP contribution in [-0.2, 0) is 11.0 Å². The third kappa shape index (κ3) is 6.31. The first-order valence-electron chi connectivity index (χ1n) is 8.36. The Bertz CT molecular complexity index is 709. The van der Waals surface area contributed by atoms with E-state index in [1.165, 1.54) is 12.1 Å². The first-order valence-corrected chi connectivity index (χ1v) is 8.36. The Hall–Kier alpha value is -2.69. The highest BCUT2D eigenvalue weighted by atomic mass is 19.4. The van der Waals surface area contributed by atoms with Crippen LogP contribution >= 0.6 is 0 Å². The lowest BCUT2D eigenvalue weighted by Crippen LogP contribution is -2.51. The summed E-state index contributed by atoms with van der Waals surface area (Å²) < 4.78 is 38.0. The Morgan fingerprint density at radius 1 is 1.42 bits per heavy atom. The van der Waals surface area contributed by atoms with Crippen molar-refractivity contribution in [3.8, 4) is 11.8 Å². The number of carbonyl (C=O) groups excluding carboxylic acids is 1. The number of alkyl halides is 3. The highest BCUT2D eigenvalue weighted by Gasteiger charge is 2.30. The molecule has 0 radical (unpaired) electrons. The topological polar surface area (TPSA) is 65.5 Å². The molecule has 1 fully saturated rings. The van der Waals surface area contributed by atoms with Gasteiger partial charge in [-0.15, -0.1) is 0 Å². The molecule has 0 aliphatic carbocycles. The average molecular weight is 366 g/mol. The number of halogens is 3. The van der Waals surface area contributed by atoms with Crippen LogP contribution in [0.25, 0.3) is 0 Å². The van der Waals surface area contributed by atoms with Gasteiger partial charge in [-0.05, 0) is 31.5 Å². The highest BCUT2D eigenvalue weighted by molar-refractivity contribution is 5.81. The van der Waals surface area contributed by atoms with Gasteiger partial charge in [-0.1, -0.05) is 17.9 Å². The molecule has 0 spiro atoms. The van der Waals surface area contributed by atoms with Gasteiger partial charge < -0.3 is 16.0 Å². The lowest BCUT2D eigenvalue weighted by molar-refractivity contribution is -0.137. The molecule has 0 bridgehead atoms. The molecule has 26 heavy (non-hydrogen) atoms. The molecular weight excluding hydrogens is 345 g/mol. The van der Waals surface area contributed by atoms with Crippen LogP contribution < -0.4 is 16.0 Å². The summed E-state index contributed by atoms with van der Waals surface area (Å²) in [5, 5.41) is 9.07. The second-order valence-corrected chi connectivity index (χ2v) is 5.76. The molecule has 1 heterocycles. The van der Waals surface area contributed by atoms with E-state index >= 15 is 0 Å². The Balaban J connectivity index is 1.96. The van der Waals surface area contributed by atoms with E-state index in [1.54, 1.807) is 0 Å². The molecule has 3 N–H and O–H groups in total. The van der Waals surface area contributed by atoms with Gasteiger partial charge in [0.05, 0.1) is 5.56 Å². The predicted octanol–water partition coefficient (Wildman–Crippen LogP) is 1.89. The highest BCUT2D eigenvalue weighted by Crippen LogP contribution is 2.29. The molecule has 0 aromatic heterocycles. The minimum atomic E-state index is -4.38. The summed E-state index contributed by atoms with van der Waals surface area (Å²) in [6.45, 7) is 3.25. The number of guanidine groups is 1. The van der Waals surface area contributed by atoms with E-state index in [9.17, 15) is 18.0 Å². The lowest BCUT2D eigenvalue weighted by atomic mass is 10.1. The van der Waals surface area contributed by atoms with Crippen LogP contribution in [0.4, 0.5) is 13.2 Å². The molecule has 1 aromatic rings. The van der Waals surface area contributed by atoms with E-state index in [0.29, 0.717) is 37.5 Å². The number of nitrogens with one attached hydrogen (secondary N) is 3. The van der Waals surface area contributed by atoms with Gasteiger partial charge >= 0.3 is 6.18 Å². The molecule has 1 atom stereocenters. The molecule has 140 valence electrons. The van der Waals surface area contributed by atoms with Crippen LogP contribution in [0.5, 0.6) is 0 Å². The molecular formula is C18H21F3N4O. The number of piperidine rings is 1. The Morgan fingerprint density at radius 2 is 2.23 bits per heavy atom. The number of aliphatic imine (C=N–C) groups is 1. The maximum atomic E-state index is 12.7. The van der Waals surface area contributed by atoms with Crippen molar-refractivity contribution in [2.75, 3.05) is 19.6 Å². The van der Waals surface area contributed by atoms with Crippen molar-refractivity contribution in [1.29, 1.82) is 0 Å². The fraction of sp³-hybridized carbons (Fsp3) is 0.444. The summed E-state index contributed by atoms with van der Waals surface area (Å²) in [5.41, 5.74) is -0.426. The fourth-order valence-electron chi connectivity index (χ4n) is 2.40. The number of rotatable bonds is 3. The summed E-state index contributed by atoms with van der Waals surface area (Å²) in [5.74, 6) is 6.05.